The molecule has 0 aliphatic carbocycles. The summed E-state index contributed by atoms with van der Waals surface area (Å²) in [5.41, 5.74) is 2.32. The molecule has 1 N–H and O–H groups in total. The number of hydrogen-bond acceptors (Lipinski definition) is 6. The Morgan fingerprint density at radius 2 is 1.91 bits per heavy atom. The second kappa shape index (κ2) is 9.04. The zero-order valence-corrected chi connectivity index (χ0v) is 19.9. The van der Waals surface area contributed by atoms with E-state index in [1.165, 1.54) is 16.3 Å². The zero-order chi connectivity index (χ0) is 23.8. The van der Waals surface area contributed by atoms with Crippen molar-refractivity contribution in [1.29, 1.82) is 0 Å². The van der Waals surface area contributed by atoms with Crippen molar-refractivity contribution in [3.63, 3.8) is 0 Å². The van der Waals surface area contributed by atoms with Gasteiger partial charge < -0.3 is 14.8 Å². The molecule has 7 nitrogen and oxygen atoms in total. The molecule has 0 spiro atoms. The van der Waals surface area contributed by atoms with Crippen LogP contribution in [0.25, 0.3) is 16.6 Å². The van der Waals surface area contributed by atoms with Crippen molar-refractivity contribution in [3.8, 4) is 17.2 Å². The Morgan fingerprint density at radius 1 is 1.12 bits per heavy atom. The van der Waals surface area contributed by atoms with Gasteiger partial charge in [-0.2, -0.15) is 0 Å². The molecule has 1 unspecified atom stereocenters. The van der Waals surface area contributed by atoms with Gasteiger partial charge in [0.05, 0.1) is 21.8 Å². The second-order valence-corrected chi connectivity index (χ2v) is 9.47. The number of aromatic nitrogens is 2. The minimum absolute atomic E-state index is 0.160. The zero-order valence-electron chi connectivity index (χ0n) is 18.4. The van der Waals surface area contributed by atoms with Gasteiger partial charge in [-0.3, -0.25) is 14.2 Å². The molecule has 1 aromatic heterocycles. The summed E-state index contributed by atoms with van der Waals surface area (Å²) < 4.78 is 12.2. The van der Waals surface area contributed by atoms with Gasteiger partial charge >= 0.3 is 0 Å². The van der Waals surface area contributed by atoms with E-state index in [4.69, 9.17) is 26.1 Å². The summed E-state index contributed by atoms with van der Waals surface area (Å²) in [4.78, 5) is 31.2. The Labute approximate surface area is 204 Å². The first-order valence-electron chi connectivity index (χ1n) is 10.6. The van der Waals surface area contributed by atoms with E-state index in [1.807, 2.05) is 19.1 Å². The number of para-hydroxylation sites is 1. The van der Waals surface area contributed by atoms with Crippen LogP contribution in [-0.2, 0) is 4.79 Å². The molecule has 1 atom stereocenters. The van der Waals surface area contributed by atoms with Crippen molar-refractivity contribution in [2.24, 2.45) is 0 Å². The second-order valence-electron chi connectivity index (χ2n) is 7.75. The highest BCUT2D eigenvalue weighted by Gasteiger charge is 2.22. The Bertz CT molecular complexity index is 1490. The first-order chi connectivity index (χ1) is 16.4. The Morgan fingerprint density at radius 3 is 2.76 bits per heavy atom. The van der Waals surface area contributed by atoms with Gasteiger partial charge in [0.1, 0.15) is 0 Å². The van der Waals surface area contributed by atoms with E-state index in [0.29, 0.717) is 44.0 Å². The minimum Gasteiger partial charge on any atom is -0.454 e. The molecule has 0 radical (unpaired) electrons. The molecular weight excluding hydrogens is 474 g/mol. The van der Waals surface area contributed by atoms with Crippen LogP contribution in [0.5, 0.6) is 11.5 Å². The van der Waals surface area contributed by atoms with E-state index in [-0.39, 0.29) is 18.3 Å². The summed E-state index contributed by atoms with van der Waals surface area (Å²) in [6, 6.07) is 17.8. The fourth-order valence-corrected chi connectivity index (χ4v) is 4.76. The molecular formula is C25H20ClN3O4S. The number of nitrogens with one attached hydrogen (secondary N) is 1. The average Bonchev–Trinajstić information content (AvgIpc) is 3.29. The van der Waals surface area contributed by atoms with Crippen LogP contribution in [0.4, 0.5) is 5.69 Å². The van der Waals surface area contributed by atoms with E-state index in [2.05, 4.69) is 5.32 Å². The summed E-state index contributed by atoms with van der Waals surface area (Å²) in [6.45, 7) is 3.78. The molecule has 172 valence electrons. The van der Waals surface area contributed by atoms with Gasteiger partial charge in [0.15, 0.2) is 16.7 Å². The first kappa shape index (κ1) is 22.3. The highest BCUT2D eigenvalue weighted by atomic mass is 35.5. The normalized spacial score (nSPS) is 13.1. The van der Waals surface area contributed by atoms with Gasteiger partial charge in [-0.25, -0.2) is 4.98 Å². The molecule has 9 heteroatoms. The topological polar surface area (TPSA) is 82.5 Å². The molecule has 0 saturated heterocycles. The molecule has 3 aromatic carbocycles. The number of carbonyl (C=O) groups is 1. The van der Waals surface area contributed by atoms with Crippen LogP contribution >= 0.6 is 23.4 Å². The first-order valence-corrected chi connectivity index (χ1v) is 11.8. The number of rotatable bonds is 5. The largest absolute Gasteiger partial charge is 0.454 e. The van der Waals surface area contributed by atoms with Crippen LogP contribution in [0.3, 0.4) is 0 Å². The fraction of sp³-hybridized carbons (Fsp3) is 0.160. The SMILES string of the molecule is Cc1c(Cl)cccc1-n1c(SC(C)C(=O)Nc2ccc3c(c2)OCO3)nc2ccccc2c1=O. The lowest BCUT2D eigenvalue weighted by Crippen LogP contribution is -2.26. The summed E-state index contributed by atoms with van der Waals surface area (Å²) >= 11 is 7.55. The number of benzene rings is 3. The lowest BCUT2D eigenvalue weighted by molar-refractivity contribution is -0.115. The Hall–Kier alpha value is -3.49. The van der Waals surface area contributed by atoms with Crippen molar-refractivity contribution < 1.29 is 14.3 Å². The third-order valence-corrected chi connectivity index (χ3v) is 6.98. The third-order valence-electron chi connectivity index (χ3n) is 5.52. The summed E-state index contributed by atoms with van der Waals surface area (Å²) in [7, 11) is 0. The number of ether oxygens (including phenoxy) is 2. The Balaban J connectivity index is 1.50. The van der Waals surface area contributed by atoms with Crippen LogP contribution in [0.15, 0.2) is 70.6 Å². The predicted molar refractivity (Wildman–Crippen MR) is 134 cm³/mol. The average molecular weight is 494 g/mol. The molecule has 1 aliphatic heterocycles. The molecule has 1 amide bonds. The number of halogens is 1. The summed E-state index contributed by atoms with van der Waals surface area (Å²) in [5.74, 6) is 0.988. The molecule has 1 aliphatic rings. The summed E-state index contributed by atoms with van der Waals surface area (Å²) in [6.07, 6.45) is 0. The number of amides is 1. The lowest BCUT2D eigenvalue weighted by atomic mass is 10.2. The monoisotopic (exact) mass is 493 g/mol. The van der Waals surface area contributed by atoms with Crippen molar-refractivity contribution in [2.45, 2.75) is 24.3 Å². The molecule has 4 aromatic rings. The van der Waals surface area contributed by atoms with Gasteiger partial charge in [0.25, 0.3) is 5.56 Å². The van der Waals surface area contributed by atoms with Crippen LogP contribution in [-0.4, -0.2) is 27.5 Å². The fourth-order valence-electron chi connectivity index (χ4n) is 3.67. The van der Waals surface area contributed by atoms with Gasteiger partial charge in [-0.05, 0) is 55.8 Å². The van der Waals surface area contributed by atoms with Crippen molar-refractivity contribution in [1.82, 2.24) is 9.55 Å². The Kier molecular flexibility index (Phi) is 5.93. The number of thioether (sulfide) groups is 1. The van der Waals surface area contributed by atoms with E-state index in [1.54, 1.807) is 55.5 Å². The third kappa shape index (κ3) is 4.10. The van der Waals surface area contributed by atoms with Crippen molar-refractivity contribution >= 4 is 45.9 Å². The van der Waals surface area contributed by atoms with Crippen molar-refractivity contribution in [3.05, 3.63) is 81.6 Å². The van der Waals surface area contributed by atoms with Gasteiger partial charge in [0, 0.05) is 16.8 Å². The molecule has 0 bridgehead atoms. The standard InChI is InChI=1S/C25H20ClN3O4S/c1-14-18(26)7-5-9-20(14)29-24(31)17-6-3-4-8-19(17)28-25(29)34-15(2)23(30)27-16-10-11-21-22(12-16)33-13-32-21/h3-12,15H,13H2,1-2H3,(H,27,30). The number of hydrogen-bond donors (Lipinski definition) is 1. The lowest BCUT2D eigenvalue weighted by Gasteiger charge is -2.18. The smallest absolute Gasteiger partial charge is 0.266 e. The van der Waals surface area contributed by atoms with E-state index in [9.17, 15) is 9.59 Å². The van der Waals surface area contributed by atoms with Crippen LogP contribution in [0, 0.1) is 6.92 Å². The van der Waals surface area contributed by atoms with Gasteiger partial charge in [-0.1, -0.05) is 41.6 Å². The minimum atomic E-state index is -0.552. The van der Waals surface area contributed by atoms with Crippen LogP contribution in [0.1, 0.15) is 12.5 Å². The molecule has 34 heavy (non-hydrogen) atoms. The van der Waals surface area contributed by atoms with E-state index >= 15 is 0 Å². The number of nitrogens with zero attached hydrogens (tertiary/aromatic N) is 2. The van der Waals surface area contributed by atoms with Gasteiger partial charge in [0.2, 0.25) is 12.7 Å². The quantitative estimate of drug-likeness (QED) is 0.304. The molecule has 0 fully saturated rings. The highest BCUT2D eigenvalue weighted by Crippen LogP contribution is 2.35. The van der Waals surface area contributed by atoms with E-state index < -0.39 is 5.25 Å². The molecule has 5 rings (SSSR count). The predicted octanol–water partition coefficient (Wildman–Crippen LogP) is 5.20. The maximum absolute atomic E-state index is 13.5. The number of fused-ring (bicyclic) bond motifs is 2. The summed E-state index contributed by atoms with van der Waals surface area (Å²) in [5, 5.41) is 3.78. The van der Waals surface area contributed by atoms with E-state index in [0.717, 1.165) is 5.56 Å². The molecule has 2 heterocycles. The van der Waals surface area contributed by atoms with Crippen LogP contribution in [0.2, 0.25) is 5.02 Å². The van der Waals surface area contributed by atoms with Crippen LogP contribution < -0.4 is 20.3 Å². The van der Waals surface area contributed by atoms with Crippen molar-refractivity contribution in [2.75, 3.05) is 12.1 Å². The maximum atomic E-state index is 13.5. The molecule has 0 saturated carbocycles. The van der Waals surface area contributed by atoms with Gasteiger partial charge in [-0.15, -0.1) is 0 Å². The number of carbonyl (C=O) groups excluding carboxylic acids is 1. The maximum Gasteiger partial charge on any atom is 0.266 e. The number of anilines is 1. The highest BCUT2D eigenvalue weighted by molar-refractivity contribution is 8.00.